The second-order valence-corrected chi connectivity index (χ2v) is 4.82. The molecule has 0 fully saturated rings. The Bertz CT molecular complexity index is 566. The number of carbonyl (C=O) groups excluding carboxylic acids is 1. The number of hydrogen-bond donors (Lipinski definition) is 0. The molecule has 0 N–H and O–H groups in total. The van der Waals surface area contributed by atoms with Crippen molar-refractivity contribution in [2.45, 2.75) is 19.3 Å². The molecule has 0 amide bonds. The minimum atomic E-state index is -0.489. The third-order valence-corrected chi connectivity index (χ3v) is 3.25. The summed E-state index contributed by atoms with van der Waals surface area (Å²) in [6.07, 6.45) is 1.19. The van der Waals surface area contributed by atoms with Gasteiger partial charge in [-0.1, -0.05) is 54.1 Å². The Labute approximate surface area is 117 Å². The Morgan fingerprint density at radius 1 is 1.05 bits per heavy atom. The van der Waals surface area contributed by atoms with Crippen LogP contribution < -0.4 is 0 Å². The van der Waals surface area contributed by atoms with E-state index in [1.807, 2.05) is 30.3 Å². The lowest BCUT2D eigenvalue weighted by Gasteiger charge is -2.04. The first-order valence-corrected chi connectivity index (χ1v) is 6.53. The van der Waals surface area contributed by atoms with Crippen LogP contribution in [-0.2, 0) is 17.6 Å². The Morgan fingerprint density at radius 3 is 2.53 bits per heavy atom. The molecule has 0 saturated carbocycles. The maximum absolute atomic E-state index is 13.6. The van der Waals surface area contributed by atoms with E-state index in [-0.39, 0.29) is 17.2 Å². The fraction of sp³-hybridized carbons (Fsp3) is 0.188. The first-order valence-electron chi connectivity index (χ1n) is 6.15. The maximum atomic E-state index is 13.6. The van der Waals surface area contributed by atoms with E-state index in [1.54, 1.807) is 12.1 Å². The molecule has 0 unspecified atom stereocenters. The van der Waals surface area contributed by atoms with Gasteiger partial charge in [0, 0.05) is 12.8 Å². The smallest absolute Gasteiger partial charge is 0.145 e. The van der Waals surface area contributed by atoms with Crippen molar-refractivity contribution in [2.24, 2.45) is 0 Å². The summed E-state index contributed by atoms with van der Waals surface area (Å²) in [5, 5.41) is 0.0633. The number of rotatable bonds is 5. The molecule has 2 rings (SSSR count). The Balaban J connectivity index is 1.93. The summed E-state index contributed by atoms with van der Waals surface area (Å²) in [5.41, 5.74) is 1.48. The molecular formula is C16H14ClFO. The molecule has 2 aromatic carbocycles. The number of hydrogen-bond acceptors (Lipinski definition) is 1. The van der Waals surface area contributed by atoms with Gasteiger partial charge in [-0.05, 0) is 23.6 Å². The van der Waals surface area contributed by atoms with Gasteiger partial charge >= 0.3 is 0 Å². The van der Waals surface area contributed by atoms with Gasteiger partial charge in [0.15, 0.2) is 0 Å². The molecule has 0 atom stereocenters. The predicted octanol–water partition coefficient (Wildman–Crippen LogP) is 4.22. The van der Waals surface area contributed by atoms with E-state index in [9.17, 15) is 9.18 Å². The van der Waals surface area contributed by atoms with Crippen LogP contribution in [0.2, 0.25) is 5.02 Å². The summed E-state index contributed by atoms with van der Waals surface area (Å²) >= 11 is 5.68. The second kappa shape index (κ2) is 6.48. The van der Waals surface area contributed by atoms with Crippen LogP contribution in [0.3, 0.4) is 0 Å². The average molecular weight is 277 g/mol. The molecule has 0 radical (unpaired) electrons. The Kier molecular flexibility index (Phi) is 4.69. The lowest BCUT2D eigenvalue weighted by Crippen LogP contribution is -2.06. The monoisotopic (exact) mass is 276 g/mol. The van der Waals surface area contributed by atoms with Crippen molar-refractivity contribution in [2.75, 3.05) is 0 Å². The largest absolute Gasteiger partial charge is 0.299 e. The third-order valence-electron chi connectivity index (χ3n) is 2.95. The van der Waals surface area contributed by atoms with Gasteiger partial charge in [0.25, 0.3) is 0 Å². The van der Waals surface area contributed by atoms with Crippen LogP contribution in [0.4, 0.5) is 4.39 Å². The highest BCUT2D eigenvalue weighted by Gasteiger charge is 2.10. The molecule has 1 nitrogen and oxygen atoms in total. The zero-order valence-corrected chi connectivity index (χ0v) is 11.2. The number of aryl methyl sites for hydroxylation is 1. The van der Waals surface area contributed by atoms with Crippen LogP contribution in [0.5, 0.6) is 0 Å². The van der Waals surface area contributed by atoms with Crippen molar-refractivity contribution in [1.82, 2.24) is 0 Å². The van der Waals surface area contributed by atoms with Gasteiger partial charge in [-0.3, -0.25) is 4.79 Å². The average Bonchev–Trinajstić information content (AvgIpc) is 2.43. The second-order valence-electron chi connectivity index (χ2n) is 4.41. The minimum Gasteiger partial charge on any atom is -0.299 e. The van der Waals surface area contributed by atoms with Gasteiger partial charge in [-0.15, -0.1) is 0 Å². The normalized spacial score (nSPS) is 10.4. The molecule has 98 valence electrons. The number of Topliss-reactive ketones (excluding diaryl/α,β-unsaturated/α-hetero) is 1. The molecule has 0 spiro atoms. The highest BCUT2D eigenvalue weighted by molar-refractivity contribution is 6.30. The van der Waals surface area contributed by atoms with Crippen LogP contribution in [-0.4, -0.2) is 5.78 Å². The quantitative estimate of drug-likeness (QED) is 0.799. The zero-order chi connectivity index (χ0) is 13.7. The van der Waals surface area contributed by atoms with Gasteiger partial charge < -0.3 is 0 Å². The maximum Gasteiger partial charge on any atom is 0.145 e. The van der Waals surface area contributed by atoms with E-state index in [4.69, 9.17) is 11.6 Å². The molecule has 0 aliphatic carbocycles. The van der Waals surface area contributed by atoms with E-state index in [2.05, 4.69) is 0 Å². The van der Waals surface area contributed by atoms with E-state index in [1.165, 1.54) is 6.07 Å². The van der Waals surface area contributed by atoms with Crippen LogP contribution in [0, 0.1) is 5.82 Å². The topological polar surface area (TPSA) is 17.1 Å². The van der Waals surface area contributed by atoms with Crippen LogP contribution in [0.15, 0.2) is 48.5 Å². The number of carbonyl (C=O) groups is 1. The lowest BCUT2D eigenvalue weighted by atomic mass is 10.0. The van der Waals surface area contributed by atoms with Crippen molar-refractivity contribution in [3.05, 3.63) is 70.5 Å². The van der Waals surface area contributed by atoms with Crippen molar-refractivity contribution in [1.29, 1.82) is 0 Å². The summed E-state index contributed by atoms with van der Waals surface area (Å²) in [5.74, 6) is -0.470. The summed E-state index contributed by atoms with van der Waals surface area (Å²) in [6, 6.07) is 14.5. The summed E-state index contributed by atoms with van der Waals surface area (Å²) in [4.78, 5) is 11.8. The summed E-state index contributed by atoms with van der Waals surface area (Å²) in [7, 11) is 0. The SMILES string of the molecule is O=C(CCc1ccccc1)Cc1cccc(Cl)c1F. The summed E-state index contributed by atoms with van der Waals surface area (Å²) < 4.78 is 13.6. The molecule has 2 aromatic rings. The molecule has 19 heavy (non-hydrogen) atoms. The van der Waals surface area contributed by atoms with Gasteiger partial charge in [0.2, 0.25) is 0 Å². The van der Waals surface area contributed by atoms with Gasteiger partial charge in [0.1, 0.15) is 11.6 Å². The third kappa shape index (κ3) is 3.90. The molecule has 0 saturated heterocycles. The van der Waals surface area contributed by atoms with Crippen molar-refractivity contribution >= 4 is 17.4 Å². The van der Waals surface area contributed by atoms with Crippen LogP contribution >= 0.6 is 11.6 Å². The number of benzene rings is 2. The zero-order valence-electron chi connectivity index (χ0n) is 10.4. The first kappa shape index (κ1) is 13.8. The van der Waals surface area contributed by atoms with Gasteiger partial charge in [0.05, 0.1) is 5.02 Å². The standard InChI is InChI=1S/C16H14ClFO/c17-15-8-4-7-13(16(15)18)11-14(19)10-9-12-5-2-1-3-6-12/h1-8H,9-11H2. The molecular weight excluding hydrogens is 263 g/mol. The Morgan fingerprint density at radius 2 is 1.79 bits per heavy atom. The number of ketones is 1. The Hall–Kier alpha value is -1.67. The minimum absolute atomic E-state index is 0.0185. The number of halogens is 2. The molecule has 0 aliphatic heterocycles. The van der Waals surface area contributed by atoms with E-state index < -0.39 is 5.82 Å². The van der Waals surface area contributed by atoms with Gasteiger partial charge in [-0.25, -0.2) is 4.39 Å². The van der Waals surface area contributed by atoms with Crippen LogP contribution in [0.25, 0.3) is 0 Å². The van der Waals surface area contributed by atoms with Crippen LogP contribution in [0.1, 0.15) is 17.5 Å². The fourth-order valence-electron chi connectivity index (χ4n) is 1.91. The molecule has 0 aliphatic rings. The van der Waals surface area contributed by atoms with Crippen molar-refractivity contribution < 1.29 is 9.18 Å². The molecule has 0 aromatic heterocycles. The van der Waals surface area contributed by atoms with E-state index in [0.717, 1.165) is 5.56 Å². The van der Waals surface area contributed by atoms with Crippen molar-refractivity contribution in [3.63, 3.8) is 0 Å². The lowest BCUT2D eigenvalue weighted by molar-refractivity contribution is -0.118. The molecule has 0 heterocycles. The molecule has 3 heteroatoms. The first-order chi connectivity index (χ1) is 9.16. The fourth-order valence-corrected chi connectivity index (χ4v) is 2.11. The highest BCUT2D eigenvalue weighted by atomic mass is 35.5. The van der Waals surface area contributed by atoms with E-state index in [0.29, 0.717) is 18.4 Å². The van der Waals surface area contributed by atoms with Gasteiger partial charge in [-0.2, -0.15) is 0 Å². The van der Waals surface area contributed by atoms with Crippen molar-refractivity contribution in [3.8, 4) is 0 Å². The molecule has 0 bridgehead atoms. The predicted molar refractivity (Wildman–Crippen MR) is 74.9 cm³/mol. The summed E-state index contributed by atoms with van der Waals surface area (Å²) in [6.45, 7) is 0. The van der Waals surface area contributed by atoms with E-state index >= 15 is 0 Å². The highest BCUT2D eigenvalue weighted by Crippen LogP contribution is 2.19.